The van der Waals surface area contributed by atoms with Crippen LogP contribution in [0.25, 0.3) is 0 Å². The van der Waals surface area contributed by atoms with Crippen molar-refractivity contribution >= 4 is 21.8 Å². The van der Waals surface area contributed by atoms with E-state index in [1.807, 2.05) is 0 Å². The first-order valence-corrected chi connectivity index (χ1v) is 7.63. The smallest absolute Gasteiger partial charge is 0.331 e. The highest BCUT2D eigenvalue weighted by atomic mass is 32.2. The van der Waals surface area contributed by atoms with Gasteiger partial charge >= 0.3 is 5.97 Å². The first kappa shape index (κ1) is 15.0. The number of aliphatic imine (C=N–C) groups is 1. The highest BCUT2D eigenvalue weighted by Crippen LogP contribution is 2.22. The third kappa shape index (κ3) is 3.03. The number of hydrogen-bond acceptors (Lipinski definition) is 6. The Hall–Kier alpha value is -2.40. The van der Waals surface area contributed by atoms with Gasteiger partial charge in [-0.1, -0.05) is 12.1 Å². The molecule has 0 saturated heterocycles. The molecule has 0 aromatic heterocycles. The Labute approximate surface area is 122 Å². The maximum Gasteiger partial charge on any atom is 0.331 e. The molecule has 21 heavy (non-hydrogen) atoms. The fourth-order valence-corrected chi connectivity index (χ4v) is 3.01. The number of esters is 1. The van der Waals surface area contributed by atoms with Gasteiger partial charge in [-0.2, -0.15) is 5.26 Å². The van der Waals surface area contributed by atoms with Crippen molar-refractivity contribution in [1.82, 2.24) is 4.72 Å². The van der Waals surface area contributed by atoms with Gasteiger partial charge in [0.15, 0.2) is 6.10 Å². The van der Waals surface area contributed by atoms with E-state index >= 15 is 0 Å². The number of nitrogens with zero attached hydrogens (tertiary/aromatic N) is 2. The molecule has 8 heteroatoms. The zero-order chi connectivity index (χ0) is 15.6. The maximum atomic E-state index is 11.9. The largest absolute Gasteiger partial charge is 0.446 e. The molecule has 1 aromatic carbocycles. The average Bonchev–Trinajstić information content (AvgIpc) is 2.70. The lowest BCUT2D eigenvalue weighted by Gasteiger charge is -2.09. The molecule has 0 radical (unpaired) electrons. The van der Waals surface area contributed by atoms with E-state index < -0.39 is 28.1 Å². The minimum atomic E-state index is -3.64. The zero-order valence-corrected chi connectivity index (χ0v) is 12.2. The van der Waals surface area contributed by atoms with Crippen LogP contribution < -0.4 is 4.72 Å². The molecule has 1 aliphatic rings. The van der Waals surface area contributed by atoms with Crippen LogP contribution in [0.2, 0.25) is 0 Å². The number of ether oxygens (including phenoxy) is 1. The Balaban J connectivity index is 2.28. The Morgan fingerprint density at radius 3 is 2.71 bits per heavy atom. The highest BCUT2D eigenvalue weighted by Gasteiger charge is 2.31. The number of nitriles is 1. The number of benzene rings is 1. The molecule has 0 aliphatic carbocycles. The minimum Gasteiger partial charge on any atom is -0.446 e. The van der Waals surface area contributed by atoms with E-state index in [0.717, 1.165) is 0 Å². The van der Waals surface area contributed by atoms with Crippen molar-refractivity contribution in [3.05, 3.63) is 29.8 Å². The molecule has 2 atom stereocenters. The number of nitrogens with one attached hydrogen (secondary N) is 1. The number of sulfonamides is 1. The van der Waals surface area contributed by atoms with Crippen LogP contribution in [0.1, 0.15) is 19.4 Å². The van der Waals surface area contributed by atoms with Gasteiger partial charge in [-0.15, -0.1) is 0 Å². The first-order chi connectivity index (χ1) is 9.85. The van der Waals surface area contributed by atoms with Crippen molar-refractivity contribution in [2.24, 2.45) is 4.99 Å². The molecule has 0 fully saturated rings. The van der Waals surface area contributed by atoms with Gasteiger partial charge in [0.05, 0.1) is 4.90 Å². The molecule has 1 aromatic rings. The van der Waals surface area contributed by atoms with Crippen LogP contribution in [0.15, 0.2) is 34.2 Å². The van der Waals surface area contributed by atoms with Gasteiger partial charge in [0, 0.05) is 5.56 Å². The van der Waals surface area contributed by atoms with Crippen LogP contribution in [0.4, 0.5) is 0 Å². The van der Waals surface area contributed by atoms with Gasteiger partial charge in [-0.05, 0) is 26.0 Å². The summed E-state index contributed by atoms with van der Waals surface area (Å²) in [4.78, 5) is 15.9. The molecule has 7 nitrogen and oxygen atoms in total. The summed E-state index contributed by atoms with van der Waals surface area (Å²) >= 11 is 0. The molecule has 0 saturated carbocycles. The summed E-state index contributed by atoms with van der Waals surface area (Å²) in [5.41, 5.74) is 0.408. The van der Waals surface area contributed by atoms with Crippen molar-refractivity contribution in [3.63, 3.8) is 0 Å². The molecular weight excluding hydrogens is 294 g/mol. The standard InChI is InChI=1S/C13H13N3O4S/c1-8(7-14)20-13(17)9(2)15-12-10-5-3-4-6-11(10)21(18,19)16-12/h3-6,8-9H,1-2H3,(H,15,16)/t8-,9+/m1/s1. The van der Waals surface area contributed by atoms with Gasteiger partial charge in [0.25, 0.3) is 10.0 Å². The van der Waals surface area contributed by atoms with E-state index in [4.69, 9.17) is 10.00 Å². The summed E-state index contributed by atoms with van der Waals surface area (Å²) in [6, 6.07) is 7.18. The second-order valence-electron chi connectivity index (χ2n) is 4.46. The van der Waals surface area contributed by atoms with Crippen LogP contribution in [-0.2, 0) is 19.6 Å². The fraction of sp³-hybridized carbons (Fsp3) is 0.308. The third-order valence-corrected chi connectivity index (χ3v) is 4.20. The summed E-state index contributed by atoms with van der Waals surface area (Å²) in [5.74, 6) is -0.597. The van der Waals surface area contributed by atoms with Crippen LogP contribution >= 0.6 is 0 Å². The lowest BCUT2D eigenvalue weighted by Crippen LogP contribution is -2.28. The normalized spacial score (nSPS) is 20.0. The van der Waals surface area contributed by atoms with Crippen molar-refractivity contribution < 1.29 is 17.9 Å². The van der Waals surface area contributed by atoms with E-state index in [1.54, 1.807) is 24.3 Å². The number of amidine groups is 1. The second-order valence-corrected chi connectivity index (χ2v) is 6.11. The van der Waals surface area contributed by atoms with Gasteiger partial charge in [-0.25, -0.2) is 13.2 Å². The molecule has 0 spiro atoms. The van der Waals surface area contributed by atoms with E-state index in [0.29, 0.717) is 5.56 Å². The van der Waals surface area contributed by atoms with Crippen LogP contribution in [0.5, 0.6) is 0 Å². The lowest BCUT2D eigenvalue weighted by molar-refractivity contribution is -0.146. The molecule has 2 rings (SSSR count). The number of fused-ring (bicyclic) bond motifs is 1. The molecule has 110 valence electrons. The quantitative estimate of drug-likeness (QED) is 0.821. The van der Waals surface area contributed by atoms with Gasteiger partial charge in [0.2, 0.25) is 0 Å². The molecule has 1 heterocycles. The van der Waals surface area contributed by atoms with Gasteiger partial charge in [0.1, 0.15) is 17.9 Å². The predicted molar refractivity (Wildman–Crippen MR) is 73.9 cm³/mol. The predicted octanol–water partition coefficient (Wildman–Crippen LogP) is 0.569. The molecule has 0 bridgehead atoms. The Morgan fingerprint density at radius 2 is 2.05 bits per heavy atom. The number of rotatable bonds is 3. The molecule has 1 aliphatic heterocycles. The summed E-state index contributed by atoms with van der Waals surface area (Å²) in [5, 5.41) is 8.59. The van der Waals surface area contributed by atoms with Crippen molar-refractivity contribution in [3.8, 4) is 6.07 Å². The van der Waals surface area contributed by atoms with E-state index in [2.05, 4.69) is 9.71 Å². The second kappa shape index (κ2) is 5.54. The Kier molecular flexibility index (Phi) is 3.95. The van der Waals surface area contributed by atoms with Crippen LogP contribution in [0, 0.1) is 11.3 Å². The fourth-order valence-electron chi connectivity index (χ4n) is 1.78. The number of carbonyl (C=O) groups excluding carboxylic acids is 1. The van der Waals surface area contributed by atoms with Gasteiger partial charge in [-0.3, -0.25) is 9.71 Å². The molecule has 0 unspecified atom stereocenters. The summed E-state index contributed by atoms with van der Waals surface area (Å²) < 4.78 is 30.9. The van der Waals surface area contributed by atoms with Crippen LogP contribution in [-0.4, -0.2) is 32.4 Å². The number of hydrogen-bond donors (Lipinski definition) is 1. The summed E-state index contributed by atoms with van der Waals surface area (Å²) in [6.45, 7) is 2.90. The Morgan fingerprint density at radius 1 is 1.38 bits per heavy atom. The molecular formula is C13H13N3O4S. The average molecular weight is 307 g/mol. The lowest BCUT2D eigenvalue weighted by atomic mass is 10.2. The number of carbonyl (C=O) groups is 1. The third-order valence-electron chi connectivity index (χ3n) is 2.80. The topological polar surface area (TPSA) is 109 Å². The zero-order valence-electron chi connectivity index (χ0n) is 11.4. The first-order valence-electron chi connectivity index (χ1n) is 6.15. The molecule has 0 amide bonds. The SMILES string of the molecule is C[C@H](C#N)OC(=O)[C@H](C)N=C1NS(=O)(=O)c2ccccc21. The van der Waals surface area contributed by atoms with Crippen molar-refractivity contribution in [2.45, 2.75) is 30.9 Å². The van der Waals surface area contributed by atoms with E-state index in [9.17, 15) is 13.2 Å². The Bertz CT molecular complexity index is 749. The monoisotopic (exact) mass is 307 g/mol. The minimum absolute atomic E-state index is 0.0969. The summed E-state index contributed by atoms with van der Waals surface area (Å²) in [6.07, 6.45) is -0.882. The van der Waals surface area contributed by atoms with Crippen molar-refractivity contribution in [1.29, 1.82) is 5.26 Å². The molecule has 1 N–H and O–H groups in total. The van der Waals surface area contributed by atoms with E-state index in [-0.39, 0.29) is 10.7 Å². The van der Waals surface area contributed by atoms with Gasteiger partial charge < -0.3 is 4.74 Å². The summed E-state index contributed by atoms with van der Waals surface area (Å²) in [7, 11) is -3.64. The van der Waals surface area contributed by atoms with Crippen molar-refractivity contribution in [2.75, 3.05) is 0 Å². The van der Waals surface area contributed by atoms with E-state index in [1.165, 1.54) is 19.9 Å². The highest BCUT2D eigenvalue weighted by molar-refractivity contribution is 7.90. The van der Waals surface area contributed by atoms with Crippen LogP contribution in [0.3, 0.4) is 0 Å². The maximum absolute atomic E-state index is 11.9.